The fourth-order valence-electron chi connectivity index (χ4n) is 1.61. The predicted molar refractivity (Wildman–Crippen MR) is 69.4 cm³/mol. The van der Waals surface area contributed by atoms with Gasteiger partial charge in [0.15, 0.2) is 0 Å². The fraction of sp³-hybridized carbons (Fsp3) is 0.231. The number of fused-ring (bicyclic) bond motifs is 1. The summed E-state index contributed by atoms with van der Waals surface area (Å²) in [6.07, 6.45) is 0. The van der Waals surface area contributed by atoms with E-state index in [-0.39, 0.29) is 11.9 Å². The molecule has 0 bridgehead atoms. The molecule has 3 nitrogen and oxygen atoms in total. The molecule has 1 amide bonds. The summed E-state index contributed by atoms with van der Waals surface area (Å²) in [4.78, 5) is 15.9. The maximum absolute atomic E-state index is 11.8. The molecule has 0 radical (unpaired) electrons. The van der Waals surface area contributed by atoms with Gasteiger partial charge in [-0.2, -0.15) is 0 Å². The van der Waals surface area contributed by atoms with Crippen LogP contribution in [0.4, 0.5) is 0 Å². The van der Waals surface area contributed by atoms with Crippen LogP contribution in [0.2, 0.25) is 5.15 Å². The highest BCUT2D eigenvalue weighted by atomic mass is 35.5. The van der Waals surface area contributed by atoms with Crippen LogP contribution in [-0.4, -0.2) is 16.9 Å². The van der Waals surface area contributed by atoms with E-state index in [1.54, 1.807) is 6.07 Å². The quantitative estimate of drug-likeness (QED) is 0.830. The second kappa shape index (κ2) is 4.72. The number of pyridine rings is 1. The molecule has 0 spiro atoms. The topological polar surface area (TPSA) is 42.0 Å². The van der Waals surface area contributed by atoms with E-state index >= 15 is 0 Å². The third kappa shape index (κ3) is 2.56. The van der Waals surface area contributed by atoms with Crippen LogP contribution in [0.15, 0.2) is 30.3 Å². The van der Waals surface area contributed by atoms with Gasteiger partial charge >= 0.3 is 0 Å². The van der Waals surface area contributed by atoms with Gasteiger partial charge in [0.1, 0.15) is 10.8 Å². The zero-order valence-corrected chi connectivity index (χ0v) is 10.5. The molecule has 1 aromatic heterocycles. The van der Waals surface area contributed by atoms with Crippen LogP contribution in [-0.2, 0) is 0 Å². The Morgan fingerprint density at radius 2 is 2.06 bits per heavy atom. The molecule has 0 saturated heterocycles. The highest BCUT2D eigenvalue weighted by Crippen LogP contribution is 2.22. The molecule has 0 unspecified atom stereocenters. The number of nitrogens with one attached hydrogen (secondary N) is 1. The minimum atomic E-state index is -0.201. The highest BCUT2D eigenvalue weighted by molar-refractivity contribution is 6.34. The molecule has 1 aromatic carbocycles. The van der Waals surface area contributed by atoms with Crippen LogP contribution in [0.1, 0.15) is 24.3 Å². The van der Waals surface area contributed by atoms with Gasteiger partial charge in [0, 0.05) is 11.4 Å². The van der Waals surface area contributed by atoms with Crippen molar-refractivity contribution in [3.05, 3.63) is 41.2 Å². The van der Waals surface area contributed by atoms with Crippen molar-refractivity contribution in [1.29, 1.82) is 0 Å². The third-order valence-corrected chi connectivity index (χ3v) is 2.63. The largest absolute Gasteiger partial charge is 0.349 e. The van der Waals surface area contributed by atoms with Crippen molar-refractivity contribution in [3.8, 4) is 0 Å². The summed E-state index contributed by atoms with van der Waals surface area (Å²) in [5, 5.41) is 4.92. The molecule has 0 fully saturated rings. The smallest absolute Gasteiger partial charge is 0.270 e. The maximum Gasteiger partial charge on any atom is 0.270 e. The molecular weight excluding hydrogens is 236 g/mol. The van der Waals surface area contributed by atoms with Crippen molar-refractivity contribution in [3.63, 3.8) is 0 Å². The number of carbonyl (C=O) groups excluding carboxylic acids is 1. The van der Waals surface area contributed by atoms with Gasteiger partial charge in [-0.1, -0.05) is 35.9 Å². The van der Waals surface area contributed by atoms with Crippen LogP contribution >= 0.6 is 11.6 Å². The van der Waals surface area contributed by atoms with E-state index in [4.69, 9.17) is 11.6 Å². The number of benzene rings is 1. The molecule has 1 N–H and O–H groups in total. The number of carbonyl (C=O) groups is 1. The van der Waals surface area contributed by atoms with Crippen LogP contribution in [0, 0.1) is 0 Å². The molecule has 17 heavy (non-hydrogen) atoms. The first-order valence-corrected chi connectivity index (χ1v) is 5.82. The summed E-state index contributed by atoms with van der Waals surface area (Å²) in [6.45, 7) is 3.81. The lowest BCUT2D eigenvalue weighted by atomic mass is 10.1. The van der Waals surface area contributed by atoms with Crippen LogP contribution in [0.25, 0.3) is 10.8 Å². The second-order valence-corrected chi connectivity index (χ2v) is 4.51. The van der Waals surface area contributed by atoms with E-state index in [0.717, 1.165) is 10.8 Å². The van der Waals surface area contributed by atoms with Crippen LogP contribution in [0.5, 0.6) is 0 Å². The Bertz CT molecular complexity index is 566. The van der Waals surface area contributed by atoms with Gasteiger partial charge in [-0.05, 0) is 25.3 Å². The number of hydrogen-bond acceptors (Lipinski definition) is 2. The van der Waals surface area contributed by atoms with Gasteiger partial charge in [-0.3, -0.25) is 4.79 Å². The number of amides is 1. The van der Waals surface area contributed by atoms with Gasteiger partial charge in [0.2, 0.25) is 0 Å². The SMILES string of the molecule is CC(C)NC(=O)c1cc2ccccc2c(Cl)n1. The summed E-state index contributed by atoms with van der Waals surface area (Å²) in [6, 6.07) is 9.42. The molecule has 0 atom stereocenters. The molecule has 4 heteroatoms. The maximum atomic E-state index is 11.8. The van der Waals surface area contributed by atoms with E-state index in [2.05, 4.69) is 10.3 Å². The molecule has 2 aromatic rings. The number of hydrogen-bond donors (Lipinski definition) is 1. The normalized spacial score (nSPS) is 10.8. The van der Waals surface area contributed by atoms with E-state index < -0.39 is 0 Å². The Labute approximate surface area is 105 Å². The van der Waals surface area contributed by atoms with Crippen LogP contribution in [0.3, 0.4) is 0 Å². The van der Waals surface area contributed by atoms with Crippen molar-refractivity contribution in [2.75, 3.05) is 0 Å². The fourth-order valence-corrected chi connectivity index (χ4v) is 1.87. The zero-order chi connectivity index (χ0) is 12.4. The molecule has 2 rings (SSSR count). The Morgan fingerprint density at radius 1 is 1.35 bits per heavy atom. The van der Waals surface area contributed by atoms with Crippen molar-refractivity contribution < 1.29 is 4.79 Å². The highest BCUT2D eigenvalue weighted by Gasteiger charge is 2.11. The van der Waals surface area contributed by atoms with E-state index in [1.165, 1.54) is 0 Å². The Kier molecular flexibility index (Phi) is 3.29. The monoisotopic (exact) mass is 248 g/mol. The van der Waals surface area contributed by atoms with Gasteiger partial charge in [-0.25, -0.2) is 4.98 Å². The minimum absolute atomic E-state index is 0.0783. The lowest BCUT2D eigenvalue weighted by molar-refractivity contribution is 0.0938. The van der Waals surface area contributed by atoms with Gasteiger partial charge in [0.05, 0.1) is 0 Å². The number of nitrogens with zero attached hydrogens (tertiary/aromatic N) is 1. The molecular formula is C13H13ClN2O. The van der Waals surface area contributed by atoms with E-state index in [1.807, 2.05) is 38.1 Å². The first-order chi connectivity index (χ1) is 8.08. The Morgan fingerprint density at radius 3 is 2.76 bits per heavy atom. The van der Waals surface area contributed by atoms with Crippen molar-refractivity contribution >= 4 is 28.3 Å². The summed E-state index contributed by atoms with van der Waals surface area (Å²) in [7, 11) is 0. The molecule has 0 aliphatic carbocycles. The average Bonchev–Trinajstić information content (AvgIpc) is 2.28. The van der Waals surface area contributed by atoms with Gasteiger partial charge in [0.25, 0.3) is 5.91 Å². The summed E-state index contributed by atoms with van der Waals surface area (Å²) in [5.41, 5.74) is 0.349. The van der Waals surface area contributed by atoms with E-state index in [9.17, 15) is 4.79 Å². The first kappa shape index (κ1) is 11.9. The summed E-state index contributed by atoms with van der Waals surface area (Å²) < 4.78 is 0. The predicted octanol–water partition coefficient (Wildman–Crippen LogP) is 3.03. The first-order valence-electron chi connectivity index (χ1n) is 5.44. The molecule has 88 valence electrons. The van der Waals surface area contributed by atoms with Gasteiger partial charge < -0.3 is 5.32 Å². The van der Waals surface area contributed by atoms with Crippen molar-refractivity contribution in [2.45, 2.75) is 19.9 Å². The van der Waals surface area contributed by atoms with Crippen molar-refractivity contribution in [2.24, 2.45) is 0 Å². The lowest BCUT2D eigenvalue weighted by Gasteiger charge is -2.09. The standard InChI is InChI=1S/C13H13ClN2O/c1-8(2)15-13(17)11-7-9-5-3-4-6-10(9)12(14)16-11/h3-8H,1-2H3,(H,15,17). The third-order valence-electron chi connectivity index (χ3n) is 2.35. The average molecular weight is 249 g/mol. The van der Waals surface area contributed by atoms with Gasteiger partial charge in [-0.15, -0.1) is 0 Å². The number of aromatic nitrogens is 1. The molecule has 0 aliphatic rings. The lowest BCUT2D eigenvalue weighted by Crippen LogP contribution is -2.30. The minimum Gasteiger partial charge on any atom is -0.349 e. The van der Waals surface area contributed by atoms with Crippen molar-refractivity contribution in [1.82, 2.24) is 10.3 Å². The zero-order valence-electron chi connectivity index (χ0n) is 9.70. The molecule has 0 aliphatic heterocycles. The van der Waals surface area contributed by atoms with Crippen LogP contribution < -0.4 is 5.32 Å². The number of rotatable bonds is 2. The summed E-state index contributed by atoms with van der Waals surface area (Å²) in [5.74, 6) is -0.201. The summed E-state index contributed by atoms with van der Waals surface area (Å²) >= 11 is 6.05. The molecule has 1 heterocycles. The Hall–Kier alpha value is -1.61. The molecule has 0 saturated carbocycles. The Balaban J connectivity index is 2.46. The second-order valence-electron chi connectivity index (χ2n) is 4.15. The number of halogens is 1. The van der Waals surface area contributed by atoms with E-state index in [0.29, 0.717) is 10.8 Å².